The molecule has 1 amide bonds. The Kier molecular flexibility index (Phi) is 59.0. The van der Waals surface area contributed by atoms with Crippen molar-refractivity contribution >= 4 is 13.7 Å². The number of phosphoric ester groups is 1. The maximum Gasteiger partial charge on any atom is 0.268 e. The molecular weight excluding hydrogens is 996 g/mol. The van der Waals surface area contributed by atoms with Gasteiger partial charge in [0.25, 0.3) is 7.82 Å². The highest BCUT2D eigenvalue weighted by Crippen LogP contribution is 2.38. The molecule has 0 radical (unpaired) electrons. The van der Waals surface area contributed by atoms with E-state index in [-0.39, 0.29) is 12.5 Å². The SMILES string of the molecule is CCCCCCC/C=C\C/C=C\C/C=C\CCCCCCCCCCCCCCCCCCCCCCCCCCCCC(=O)NC(COP(=O)([O-])OCC[N+](C)(C)C)C(O)/C=C/CC/C=C/CC/C=C/CCCCCCCC. The molecule has 0 bridgehead atoms. The van der Waals surface area contributed by atoms with Gasteiger partial charge >= 0.3 is 0 Å². The standard InChI is InChI=1S/C70H131N2O6P/c1-6-8-10-12-14-16-18-20-22-24-25-26-27-28-29-30-31-32-33-34-35-36-37-38-39-40-41-42-43-44-45-46-47-48-50-52-54-56-58-60-62-64-70(74)71-68(67-78-79(75,76)77-66-65-72(3,4)5)69(73)63-61-59-57-55-53-51-49-23-21-19-17-15-13-11-9-7-2/h18,20-21,23-25,27-28,53,55,61,63,68-69,73H,6-17,19,22,26,29-52,54,56-60,62,64-67H2,1-5H3,(H-,71,74,75,76)/b20-18-,23-21+,25-24-,28-27-,55-53+,63-61+. The topological polar surface area (TPSA) is 108 Å². The number of rotatable bonds is 62. The van der Waals surface area contributed by atoms with Gasteiger partial charge in [-0.2, -0.15) is 0 Å². The second kappa shape index (κ2) is 60.5. The molecule has 9 heteroatoms. The summed E-state index contributed by atoms with van der Waals surface area (Å²) >= 11 is 0. The summed E-state index contributed by atoms with van der Waals surface area (Å²) in [6, 6.07) is -0.911. The minimum atomic E-state index is -4.61. The van der Waals surface area contributed by atoms with Crippen molar-refractivity contribution < 1.29 is 32.9 Å². The molecule has 0 aliphatic heterocycles. The third-order valence-corrected chi connectivity index (χ3v) is 16.1. The van der Waals surface area contributed by atoms with Crippen LogP contribution in [-0.4, -0.2) is 68.5 Å². The molecule has 3 atom stereocenters. The van der Waals surface area contributed by atoms with Crippen molar-refractivity contribution in [1.29, 1.82) is 0 Å². The Balaban J connectivity index is 3.92. The lowest BCUT2D eigenvalue weighted by molar-refractivity contribution is -0.870. The summed E-state index contributed by atoms with van der Waals surface area (Å²) in [4.78, 5) is 25.5. The van der Waals surface area contributed by atoms with Gasteiger partial charge in [-0.3, -0.25) is 9.36 Å². The van der Waals surface area contributed by atoms with Gasteiger partial charge in [-0.25, -0.2) is 0 Å². The number of nitrogens with one attached hydrogen (secondary N) is 1. The summed E-state index contributed by atoms with van der Waals surface area (Å²) in [7, 11) is 1.24. The molecule has 0 aromatic heterocycles. The number of carbonyl (C=O) groups excluding carboxylic acids is 1. The number of quaternary nitrogens is 1. The van der Waals surface area contributed by atoms with E-state index in [1.165, 1.54) is 238 Å². The van der Waals surface area contributed by atoms with E-state index < -0.39 is 26.6 Å². The van der Waals surface area contributed by atoms with Crippen molar-refractivity contribution in [3.8, 4) is 0 Å². The monoisotopic (exact) mass is 1130 g/mol. The fraction of sp³-hybridized carbons (Fsp3) is 0.814. The zero-order valence-electron chi connectivity index (χ0n) is 52.8. The van der Waals surface area contributed by atoms with Gasteiger partial charge in [-0.15, -0.1) is 0 Å². The molecule has 0 rings (SSSR count). The fourth-order valence-electron chi connectivity index (χ4n) is 9.84. The molecule has 0 heterocycles. The first-order valence-corrected chi connectivity index (χ1v) is 35.3. The van der Waals surface area contributed by atoms with E-state index >= 15 is 0 Å². The summed E-state index contributed by atoms with van der Waals surface area (Å²) in [5.41, 5.74) is 0. The van der Waals surface area contributed by atoms with Crippen molar-refractivity contribution in [1.82, 2.24) is 5.32 Å². The molecule has 0 aromatic carbocycles. The van der Waals surface area contributed by atoms with Crippen LogP contribution in [0, 0.1) is 0 Å². The molecule has 2 N–H and O–H groups in total. The number of hydrogen-bond donors (Lipinski definition) is 2. The quantitative estimate of drug-likeness (QED) is 0.0272. The first-order chi connectivity index (χ1) is 38.5. The van der Waals surface area contributed by atoms with E-state index in [0.29, 0.717) is 17.4 Å². The summed E-state index contributed by atoms with van der Waals surface area (Å²) in [6.07, 6.45) is 84.7. The first kappa shape index (κ1) is 76.9. The molecule has 0 saturated heterocycles. The summed E-state index contributed by atoms with van der Waals surface area (Å²) in [5.74, 6) is -0.208. The molecule has 0 spiro atoms. The fourth-order valence-corrected chi connectivity index (χ4v) is 10.6. The van der Waals surface area contributed by atoms with E-state index in [2.05, 4.69) is 79.9 Å². The maximum absolute atomic E-state index is 13.0. The van der Waals surface area contributed by atoms with Gasteiger partial charge < -0.3 is 28.8 Å². The van der Waals surface area contributed by atoms with Gasteiger partial charge in [0, 0.05) is 6.42 Å². The second-order valence-corrected chi connectivity index (χ2v) is 25.6. The lowest BCUT2D eigenvalue weighted by Gasteiger charge is -2.29. The number of carbonyl (C=O) groups is 1. The van der Waals surface area contributed by atoms with Gasteiger partial charge in [-0.05, 0) is 83.5 Å². The number of amides is 1. The van der Waals surface area contributed by atoms with Gasteiger partial charge in [0.15, 0.2) is 0 Å². The van der Waals surface area contributed by atoms with Crippen LogP contribution in [-0.2, 0) is 18.4 Å². The molecule has 0 fully saturated rings. The van der Waals surface area contributed by atoms with Gasteiger partial charge in [-0.1, -0.05) is 299 Å². The molecule has 79 heavy (non-hydrogen) atoms. The van der Waals surface area contributed by atoms with E-state index in [1.807, 2.05) is 27.2 Å². The number of aliphatic hydroxyl groups is 1. The third kappa shape index (κ3) is 63.4. The lowest BCUT2D eigenvalue weighted by Crippen LogP contribution is -2.45. The van der Waals surface area contributed by atoms with Crippen molar-refractivity contribution in [3.63, 3.8) is 0 Å². The Bertz CT molecular complexity index is 1520. The number of likely N-dealkylation sites (N-methyl/N-ethyl adjacent to an activating group) is 1. The number of hydrogen-bond acceptors (Lipinski definition) is 6. The van der Waals surface area contributed by atoms with Gasteiger partial charge in [0.2, 0.25) is 5.91 Å². The van der Waals surface area contributed by atoms with E-state index in [9.17, 15) is 19.4 Å². The lowest BCUT2D eigenvalue weighted by atomic mass is 10.0. The van der Waals surface area contributed by atoms with Crippen LogP contribution in [0.1, 0.15) is 316 Å². The van der Waals surface area contributed by atoms with Crippen molar-refractivity contribution in [2.75, 3.05) is 40.9 Å². The Morgan fingerprint density at radius 1 is 0.443 bits per heavy atom. The van der Waals surface area contributed by atoms with Crippen LogP contribution < -0.4 is 10.2 Å². The van der Waals surface area contributed by atoms with Crippen molar-refractivity contribution in [3.05, 3.63) is 72.9 Å². The van der Waals surface area contributed by atoms with E-state index in [1.54, 1.807) is 6.08 Å². The zero-order valence-corrected chi connectivity index (χ0v) is 53.7. The minimum Gasteiger partial charge on any atom is -0.756 e. The summed E-state index contributed by atoms with van der Waals surface area (Å²) in [6.45, 7) is 4.62. The largest absolute Gasteiger partial charge is 0.756 e. The second-order valence-electron chi connectivity index (χ2n) is 24.2. The third-order valence-electron chi connectivity index (χ3n) is 15.1. The molecule has 0 aromatic rings. The van der Waals surface area contributed by atoms with Crippen LogP contribution >= 0.6 is 7.82 Å². The predicted molar refractivity (Wildman–Crippen MR) is 344 cm³/mol. The van der Waals surface area contributed by atoms with Crippen LogP contribution in [0.5, 0.6) is 0 Å². The van der Waals surface area contributed by atoms with Crippen LogP contribution in [0.2, 0.25) is 0 Å². The Morgan fingerprint density at radius 3 is 1.11 bits per heavy atom. The van der Waals surface area contributed by atoms with Crippen LogP contribution in [0.4, 0.5) is 0 Å². The van der Waals surface area contributed by atoms with E-state index in [4.69, 9.17) is 9.05 Å². The molecule has 3 unspecified atom stereocenters. The van der Waals surface area contributed by atoms with Gasteiger partial charge in [0.05, 0.1) is 39.9 Å². The Morgan fingerprint density at radius 2 is 0.747 bits per heavy atom. The smallest absolute Gasteiger partial charge is 0.268 e. The number of phosphoric acid groups is 1. The molecule has 0 aliphatic rings. The van der Waals surface area contributed by atoms with Crippen LogP contribution in [0.15, 0.2) is 72.9 Å². The predicted octanol–water partition coefficient (Wildman–Crippen LogP) is 20.8. The van der Waals surface area contributed by atoms with Crippen molar-refractivity contribution in [2.24, 2.45) is 0 Å². The minimum absolute atomic E-state index is 0.00923. The number of aliphatic hydroxyl groups excluding tert-OH is 1. The zero-order chi connectivity index (χ0) is 57.7. The molecule has 462 valence electrons. The van der Waals surface area contributed by atoms with Gasteiger partial charge in [0.1, 0.15) is 13.2 Å². The molecule has 8 nitrogen and oxygen atoms in total. The van der Waals surface area contributed by atoms with Crippen molar-refractivity contribution in [2.45, 2.75) is 328 Å². The van der Waals surface area contributed by atoms with Crippen LogP contribution in [0.3, 0.4) is 0 Å². The highest BCUT2D eigenvalue weighted by Gasteiger charge is 2.23. The molecular formula is C70H131N2O6P. The summed E-state index contributed by atoms with van der Waals surface area (Å²) in [5, 5.41) is 13.9. The average molecular weight is 1130 g/mol. The number of nitrogens with zero attached hydrogens (tertiary/aromatic N) is 1. The first-order valence-electron chi connectivity index (χ1n) is 33.8. The van der Waals surface area contributed by atoms with Crippen LogP contribution in [0.25, 0.3) is 0 Å². The number of unbranched alkanes of at least 4 members (excludes halogenated alkanes) is 39. The number of allylic oxidation sites excluding steroid dienone is 11. The Hall–Kier alpha value is -2.06. The average Bonchev–Trinajstić information content (AvgIpc) is 3.42. The summed E-state index contributed by atoms with van der Waals surface area (Å²) < 4.78 is 23.3. The normalized spacial score (nSPS) is 14.2. The van der Waals surface area contributed by atoms with E-state index in [0.717, 1.165) is 57.8 Å². The molecule has 0 saturated carbocycles. The Labute approximate surface area is 491 Å². The highest BCUT2D eigenvalue weighted by molar-refractivity contribution is 7.45. The maximum atomic E-state index is 13.0. The molecule has 0 aliphatic carbocycles. The highest BCUT2D eigenvalue weighted by atomic mass is 31.2.